The standard InChI is InChI=1S/C14H18FNO3S/c1-10(2)19-14(18)7-8-16-13(17)9-20-12-5-3-11(15)4-6-12/h3-6,10H,7-9H2,1-2H3,(H,16,17). The molecule has 20 heavy (non-hydrogen) atoms. The molecule has 0 aliphatic heterocycles. The zero-order chi connectivity index (χ0) is 15.0. The number of hydrogen-bond donors (Lipinski definition) is 1. The number of thioether (sulfide) groups is 1. The molecule has 0 unspecified atom stereocenters. The first-order valence-corrected chi connectivity index (χ1v) is 7.30. The summed E-state index contributed by atoms with van der Waals surface area (Å²) in [4.78, 5) is 23.6. The molecule has 6 heteroatoms. The Labute approximate surface area is 122 Å². The van der Waals surface area contributed by atoms with Crippen molar-refractivity contribution < 1.29 is 18.7 Å². The molecular formula is C14H18FNO3S. The Morgan fingerprint density at radius 3 is 2.55 bits per heavy atom. The van der Waals surface area contributed by atoms with Gasteiger partial charge in [-0.2, -0.15) is 0 Å². The van der Waals surface area contributed by atoms with Crippen LogP contribution in [0, 0.1) is 5.82 Å². The van der Waals surface area contributed by atoms with Crippen molar-refractivity contribution in [2.45, 2.75) is 31.3 Å². The molecule has 0 saturated heterocycles. The Balaban J connectivity index is 2.17. The number of nitrogens with one attached hydrogen (secondary N) is 1. The fourth-order valence-electron chi connectivity index (χ4n) is 1.36. The van der Waals surface area contributed by atoms with E-state index in [1.54, 1.807) is 26.0 Å². The predicted octanol–water partition coefficient (Wildman–Crippen LogP) is 2.38. The smallest absolute Gasteiger partial charge is 0.307 e. The SMILES string of the molecule is CC(C)OC(=O)CCNC(=O)CSc1ccc(F)cc1. The van der Waals surface area contributed by atoms with Gasteiger partial charge in [0.15, 0.2) is 0 Å². The van der Waals surface area contributed by atoms with Crippen molar-refractivity contribution in [3.8, 4) is 0 Å². The number of amides is 1. The monoisotopic (exact) mass is 299 g/mol. The number of carbonyl (C=O) groups excluding carboxylic acids is 2. The van der Waals surface area contributed by atoms with Gasteiger partial charge in [0, 0.05) is 11.4 Å². The van der Waals surface area contributed by atoms with Crippen LogP contribution in [0.3, 0.4) is 0 Å². The van der Waals surface area contributed by atoms with Crippen LogP contribution in [0.4, 0.5) is 4.39 Å². The molecule has 0 heterocycles. The van der Waals surface area contributed by atoms with Crippen molar-refractivity contribution in [1.29, 1.82) is 0 Å². The number of ether oxygens (including phenoxy) is 1. The van der Waals surface area contributed by atoms with Crippen molar-refractivity contribution in [3.63, 3.8) is 0 Å². The zero-order valence-electron chi connectivity index (χ0n) is 11.5. The van der Waals surface area contributed by atoms with E-state index in [1.165, 1.54) is 23.9 Å². The number of halogens is 1. The Bertz CT molecular complexity index is 448. The summed E-state index contributed by atoms with van der Waals surface area (Å²) in [6.07, 6.45) is 0.0118. The van der Waals surface area contributed by atoms with Gasteiger partial charge in [-0.3, -0.25) is 9.59 Å². The average molecular weight is 299 g/mol. The number of rotatable bonds is 7. The van der Waals surface area contributed by atoms with Crippen LogP contribution in [0.2, 0.25) is 0 Å². The summed E-state index contributed by atoms with van der Waals surface area (Å²) in [5.74, 6) is -0.573. The van der Waals surface area contributed by atoms with E-state index < -0.39 is 0 Å². The largest absolute Gasteiger partial charge is 0.463 e. The molecule has 1 aromatic carbocycles. The summed E-state index contributed by atoms with van der Waals surface area (Å²) in [7, 11) is 0. The first-order valence-electron chi connectivity index (χ1n) is 6.32. The van der Waals surface area contributed by atoms with E-state index in [-0.39, 0.29) is 42.5 Å². The van der Waals surface area contributed by atoms with Crippen LogP contribution in [-0.2, 0) is 14.3 Å². The van der Waals surface area contributed by atoms with Gasteiger partial charge in [-0.15, -0.1) is 11.8 Å². The maximum atomic E-state index is 12.7. The first kappa shape index (κ1) is 16.5. The van der Waals surface area contributed by atoms with E-state index >= 15 is 0 Å². The van der Waals surface area contributed by atoms with E-state index in [2.05, 4.69) is 5.32 Å². The Hall–Kier alpha value is -1.56. The number of hydrogen-bond acceptors (Lipinski definition) is 4. The number of esters is 1. The average Bonchev–Trinajstić information content (AvgIpc) is 2.37. The number of carbonyl (C=O) groups is 2. The van der Waals surface area contributed by atoms with Crippen molar-refractivity contribution in [2.24, 2.45) is 0 Å². The van der Waals surface area contributed by atoms with E-state index in [9.17, 15) is 14.0 Å². The van der Waals surface area contributed by atoms with Crippen molar-refractivity contribution in [1.82, 2.24) is 5.32 Å². The summed E-state index contributed by atoms with van der Waals surface area (Å²) in [5, 5.41) is 2.63. The van der Waals surface area contributed by atoms with Crippen LogP contribution in [0.5, 0.6) is 0 Å². The highest BCUT2D eigenvalue weighted by atomic mass is 32.2. The highest BCUT2D eigenvalue weighted by Crippen LogP contribution is 2.17. The molecule has 0 aliphatic rings. The molecular weight excluding hydrogens is 281 g/mol. The number of benzene rings is 1. The second kappa shape index (κ2) is 8.58. The fraction of sp³-hybridized carbons (Fsp3) is 0.429. The topological polar surface area (TPSA) is 55.4 Å². The molecule has 1 aromatic rings. The molecule has 110 valence electrons. The third-order valence-corrected chi connectivity index (χ3v) is 3.21. The lowest BCUT2D eigenvalue weighted by atomic mass is 10.4. The van der Waals surface area contributed by atoms with Crippen LogP contribution in [0.1, 0.15) is 20.3 Å². The van der Waals surface area contributed by atoms with Crippen molar-refractivity contribution in [3.05, 3.63) is 30.1 Å². The summed E-state index contributed by atoms with van der Waals surface area (Å²) >= 11 is 1.31. The van der Waals surface area contributed by atoms with Gasteiger partial charge in [0.05, 0.1) is 18.3 Å². The summed E-state index contributed by atoms with van der Waals surface area (Å²) in [6, 6.07) is 5.94. The fourth-order valence-corrected chi connectivity index (χ4v) is 2.08. The molecule has 0 aliphatic carbocycles. The van der Waals surface area contributed by atoms with E-state index in [0.29, 0.717) is 0 Å². The minimum absolute atomic E-state index is 0.146. The third-order valence-electron chi connectivity index (χ3n) is 2.20. The van der Waals surface area contributed by atoms with Gasteiger partial charge in [-0.1, -0.05) is 0 Å². The molecule has 0 aromatic heterocycles. The van der Waals surface area contributed by atoms with Crippen LogP contribution >= 0.6 is 11.8 Å². The summed E-state index contributed by atoms with van der Waals surface area (Å²) in [6.45, 7) is 3.81. The molecule has 1 rings (SSSR count). The highest BCUT2D eigenvalue weighted by molar-refractivity contribution is 8.00. The van der Waals surface area contributed by atoms with E-state index in [1.807, 2.05) is 0 Å². The Morgan fingerprint density at radius 2 is 1.95 bits per heavy atom. The van der Waals surface area contributed by atoms with Gasteiger partial charge in [0.2, 0.25) is 5.91 Å². The lowest BCUT2D eigenvalue weighted by Gasteiger charge is -2.08. The molecule has 1 amide bonds. The highest BCUT2D eigenvalue weighted by Gasteiger charge is 2.07. The maximum Gasteiger partial charge on any atom is 0.307 e. The third kappa shape index (κ3) is 7.13. The van der Waals surface area contributed by atoms with Gasteiger partial charge in [-0.25, -0.2) is 4.39 Å². The molecule has 4 nitrogen and oxygen atoms in total. The second-order valence-corrected chi connectivity index (χ2v) is 5.43. The normalized spacial score (nSPS) is 10.4. The van der Waals surface area contributed by atoms with Crippen LogP contribution in [0.25, 0.3) is 0 Å². The molecule has 0 spiro atoms. The van der Waals surface area contributed by atoms with Gasteiger partial charge in [0.25, 0.3) is 0 Å². The van der Waals surface area contributed by atoms with Crippen molar-refractivity contribution >= 4 is 23.6 Å². The summed E-state index contributed by atoms with van der Waals surface area (Å²) in [5.41, 5.74) is 0. The van der Waals surface area contributed by atoms with Gasteiger partial charge < -0.3 is 10.1 Å². The molecule has 1 N–H and O–H groups in total. The van der Waals surface area contributed by atoms with Crippen LogP contribution in [-0.4, -0.2) is 30.3 Å². The first-order chi connectivity index (χ1) is 9.47. The van der Waals surface area contributed by atoms with Crippen molar-refractivity contribution in [2.75, 3.05) is 12.3 Å². The maximum absolute atomic E-state index is 12.7. The predicted molar refractivity (Wildman–Crippen MR) is 76.0 cm³/mol. The molecule has 0 fully saturated rings. The zero-order valence-corrected chi connectivity index (χ0v) is 12.3. The molecule has 0 saturated carbocycles. The quantitative estimate of drug-likeness (QED) is 0.620. The van der Waals surface area contributed by atoms with Gasteiger partial charge in [0.1, 0.15) is 5.82 Å². The minimum atomic E-state index is -0.327. The van der Waals surface area contributed by atoms with Gasteiger partial charge >= 0.3 is 5.97 Å². The van der Waals surface area contributed by atoms with E-state index in [0.717, 1.165) is 4.90 Å². The van der Waals surface area contributed by atoms with Crippen LogP contribution < -0.4 is 5.32 Å². The molecule has 0 atom stereocenters. The second-order valence-electron chi connectivity index (χ2n) is 4.38. The van der Waals surface area contributed by atoms with Crippen LogP contribution in [0.15, 0.2) is 29.2 Å². The molecule has 0 bridgehead atoms. The van der Waals surface area contributed by atoms with E-state index in [4.69, 9.17) is 4.74 Å². The Kier molecular flexibility index (Phi) is 7.08. The Morgan fingerprint density at radius 1 is 1.30 bits per heavy atom. The minimum Gasteiger partial charge on any atom is -0.463 e. The lowest BCUT2D eigenvalue weighted by molar-refractivity contribution is -0.147. The lowest BCUT2D eigenvalue weighted by Crippen LogP contribution is -2.28. The van der Waals surface area contributed by atoms with Gasteiger partial charge in [-0.05, 0) is 38.1 Å². The molecule has 0 radical (unpaired) electrons. The summed E-state index contributed by atoms with van der Waals surface area (Å²) < 4.78 is 17.6.